The van der Waals surface area contributed by atoms with Gasteiger partial charge in [0, 0.05) is 30.7 Å². The quantitative estimate of drug-likeness (QED) is 0.541. The second-order valence-electron chi connectivity index (χ2n) is 4.37. The number of nitrogens with one attached hydrogen (secondary N) is 1. The molecule has 0 heterocycles. The highest BCUT2D eigenvalue weighted by Crippen LogP contribution is 2.27. The predicted octanol–water partition coefficient (Wildman–Crippen LogP) is 0.573. The summed E-state index contributed by atoms with van der Waals surface area (Å²) in [6.07, 6.45) is -3.16. The molecule has 0 aromatic heterocycles. The molecule has 0 saturated heterocycles. The number of hydrogen-bond donors (Lipinski definition) is 3. The van der Waals surface area contributed by atoms with Crippen molar-refractivity contribution in [1.29, 1.82) is 0 Å². The first-order valence-electron chi connectivity index (χ1n) is 5.79. The van der Waals surface area contributed by atoms with E-state index in [1.54, 1.807) is 0 Å². The van der Waals surface area contributed by atoms with Gasteiger partial charge in [-0.1, -0.05) is 0 Å². The van der Waals surface area contributed by atoms with Gasteiger partial charge in [0.15, 0.2) is 0 Å². The number of hydrogen-bond acceptors (Lipinski definition) is 5. The summed E-state index contributed by atoms with van der Waals surface area (Å²) in [6, 6.07) is 1.80. The number of carbonyl (C=O) groups excluding carboxylic acids is 1. The van der Waals surface area contributed by atoms with E-state index in [2.05, 4.69) is 5.32 Å². The second-order valence-corrected chi connectivity index (χ2v) is 4.37. The van der Waals surface area contributed by atoms with Crippen LogP contribution in [-0.2, 0) is 4.79 Å². The topological polar surface area (TPSA) is 113 Å². The molecule has 3 N–H and O–H groups in total. The van der Waals surface area contributed by atoms with Crippen LogP contribution >= 0.6 is 0 Å². The SMILES string of the molecule is CC(=O)NCC(O)C(O)c1cc([N+](=O)[O-])c(C)cc1F. The third-order valence-electron chi connectivity index (χ3n) is 2.76. The molecule has 0 fully saturated rings. The molecular formula is C12H15FN2O5. The van der Waals surface area contributed by atoms with Crippen LogP contribution in [0.25, 0.3) is 0 Å². The zero-order valence-electron chi connectivity index (χ0n) is 11.0. The number of nitrogens with zero attached hydrogens (tertiary/aromatic N) is 1. The standard InChI is InChI=1S/C12H15FN2O5/c1-6-3-9(13)8(4-10(6)15(19)20)12(18)11(17)5-14-7(2)16/h3-4,11-12,17-18H,5H2,1-2H3,(H,14,16). The lowest BCUT2D eigenvalue weighted by molar-refractivity contribution is -0.385. The molecule has 2 atom stereocenters. The number of carbonyl (C=O) groups is 1. The largest absolute Gasteiger partial charge is 0.388 e. The molecule has 20 heavy (non-hydrogen) atoms. The van der Waals surface area contributed by atoms with Crippen LogP contribution in [0, 0.1) is 22.9 Å². The summed E-state index contributed by atoms with van der Waals surface area (Å²) < 4.78 is 13.7. The van der Waals surface area contributed by atoms with Crippen molar-refractivity contribution in [3.05, 3.63) is 39.2 Å². The number of benzene rings is 1. The van der Waals surface area contributed by atoms with E-state index in [1.165, 1.54) is 13.8 Å². The Kier molecular flexibility index (Phi) is 5.12. The monoisotopic (exact) mass is 286 g/mol. The molecule has 110 valence electrons. The molecule has 1 amide bonds. The van der Waals surface area contributed by atoms with Gasteiger partial charge in [-0.2, -0.15) is 0 Å². The smallest absolute Gasteiger partial charge is 0.272 e. The van der Waals surface area contributed by atoms with Crippen LogP contribution in [0.1, 0.15) is 24.2 Å². The van der Waals surface area contributed by atoms with Gasteiger partial charge in [-0.3, -0.25) is 14.9 Å². The first kappa shape index (κ1) is 16.0. The molecule has 2 unspecified atom stereocenters. The zero-order valence-corrected chi connectivity index (χ0v) is 11.0. The Morgan fingerprint density at radius 1 is 1.50 bits per heavy atom. The normalized spacial score (nSPS) is 13.7. The first-order valence-corrected chi connectivity index (χ1v) is 5.79. The lowest BCUT2D eigenvalue weighted by Gasteiger charge is -2.19. The summed E-state index contributed by atoms with van der Waals surface area (Å²) >= 11 is 0. The van der Waals surface area contributed by atoms with Crippen LogP contribution in [-0.4, -0.2) is 33.7 Å². The summed E-state index contributed by atoms with van der Waals surface area (Å²) in [4.78, 5) is 20.8. The Labute approximate surface area is 114 Å². The lowest BCUT2D eigenvalue weighted by Crippen LogP contribution is -2.34. The van der Waals surface area contributed by atoms with Gasteiger partial charge in [0.1, 0.15) is 18.0 Å². The average Bonchev–Trinajstić information content (AvgIpc) is 2.34. The van der Waals surface area contributed by atoms with Gasteiger partial charge in [0.2, 0.25) is 5.91 Å². The van der Waals surface area contributed by atoms with Crippen molar-refractivity contribution in [3.63, 3.8) is 0 Å². The fourth-order valence-electron chi connectivity index (χ4n) is 1.67. The molecule has 1 aromatic carbocycles. The van der Waals surface area contributed by atoms with Gasteiger partial charge in [-0.05, 0) is 13.0 Å². The maximum atomic E-state index is 13.7. The van der Waals surface area contributed by atoms with Crippen LogP contribution in [0.15, 0.2) is 12.1 Å². The third-order valence-corrected chi connectivity index (χ3v) is 2.76. The predicted molar refractivity (Wildman–Crippen MR) is 67.4 cm³/mol. The Hall–Kier alpha value is -2.06. The van der Waals surface area contributed by atoms with Gasteiger partial charge >= 0.3 is 0 Å². The van der Waals surface area contributed by atoms with Gasteiger partial charge in [-0.15, -0.1) is 0 Å². The van der Waals surface area contributed by atoms with Gasteiger partial charge < -0.3 is 15.5 Å². The van der Waals surface area contributed by atoms with Crippen LogP contribution in [0.3, 0.4) is 0 Å². The molecular weight excluding hydrogens is 271 g/mol. The molecule has 8 heteroatoms. The Morgan fingerprint density at radius 3 is 2.60 bits per heavy atom. The van der Waals surface area contributed by atoms with E-state index in [4.69, 9.17) is 0 Å². The number of aryl methyl sites for hydroxylation is 1. The number of halogens is 1. The Bertz CT molecular complexity index is 535. The number of nitro groups is 1. The van der Waals surface area contributed by atoms with Crippen LogP contribution in [0.5, 0.6) is 0 Å². The maximum Gasteiger partial charge on any atom is 0.272 e. The third kappa shape index (κ3) is 3.72. The minimum atomic E-state index is -1.68. The van der Waals surface area contributed by atoms with Crippen molar-refractivity contribution in [2.75, 3.05) is 6.54 Å². The van der Waals surface area contributed by atoms with Crippen molar-refractivity contribution in [1.82, 2.24) is 5.32 Å². The first-order chi connectivity index (χ1) is 9.23. The maximum absolute atomic E-state index is 13.7. The van der Waals surface area contributed by atoms with Crippen LogP contribution in [0.2, 0.25) is 0 Å². The van der Waals surface area contributed by atoms with Gasteiger partial charge in [0.05, 0.1) is 4.92 Å². The summed E-state index contributed by atoms with van der Waals surface area (Å²) in [5.74, 6) is -1.28. The van der Waals surface area contributed by atoms with Crippen molar-refractivity contribution < 1.29 is 24.3 Å². The van der Waals surface area contributed by atoms with Crippen LogP contribution < -0.4 is 5.32 Å². The highest BCUT2D eigenvalue weighted by atomic mass is 19.1. The van der Waals surface area contributed by atoms with Crippen molar-refractivity contribution in [2.24, 2.45) is 0 Å². The van der Waals surface area contributed by atoms with E-state index >= 15 is 0 Å². The summed E-state index contributed by atoms with van der Waals surface area (Å²) in [5.41, 5.74) is -0.632. The summed E-state index contributed by atoms with van der Waals surface area (Å²) in [5, 5.41) is 32.5. The van der Waals surface area contributed by atoms with Crippen LogP contribution in [0.4, 0.5) is 10.1 Å². The van der Waals surface area contributed by atoms with E-state index in [0.717, 1.165) is 12.1 Å². The van der Waals surface area contributed by atoms with Crippen molar-refractivity contribution >= 4 is 11.6 Å². The van der Waals surface area contributed by atoms with E-state index in [1.807, 2.05) is 0 Å². The van der Waals surface area contributed by atoms with Gasteiger partial charge in [0.25, 0.3) is 5.69 Å². The highest BCUT2D eigenvalue weighted by Gasteiger charge is 2.25. The number of nitro benzene ring substituents is 1. The average molecular weight is 286 g/mol. The minimum Gasteiger partial charge on any atom is -0.388 e. The zero-order chi connectivity index (χ0) is 15.4. The summed E-state index contributed by atoms with van der Waals surface area (Å²) in [6.45, 7) is 2.29. The molecule has 0 spiro atoms. The van der Waals surface area contributed by atoms with E-state index in [9.17, 15) is 29.5 Å². The molecule has 0 radical (unpaired) electrons. The second kappa shape index (κ2) is 6.40. The Morgan fingerprint density at radius 2 is 2.10 bits per heavy atom. The molecule has 1 rings (SSSR count). The van der Waals surface area contributed by atoms with Crippen molar-refractivity contribution in [3.8, 4) is 0 Å². The molecule has 0 saturated carbocycles. The summed E-state index contributed by atoms with van der Waals surface area (Å²) in [7, 11) is 0. The highest BCUT2D eigenvalue weighted by molar-refractivity contribution is 5.72. The fraction of sp³-hybridized carbons (Fsp3) is 0.417. The minimum absolute atomic E-state index is 0.111. The van der Waals surface area contributed by atoms with Gasteiger partial charge in [-0.25, -0.2) is 4.39 Å². The number of rotatable bonds is 5. The molecule has 0 bridgehead atoms. The molecule has 7 nitrogen and oxygen atoms in total. The number of aliphatic hydroxyl groups is 2. The van der Waals surface area contributed by atoms with E-state index < -0.39 is 28.9 Å². The lowest BCUT2D eigenvalue weighted by atomic mass is 10.0. The molecule has 0 aliphatic heterocycles. The fourth-order valence-corrected chi connectivity index (χ4v) is 1.67. The van der Waals surface area contributed by atoms with Crippen molar-refractivity contribution in [2.45, 2.75) is 26.1 Å². The molecule has 1 aromatic rings. The van der Waals surface area contributed by atoms with E-state index in [0.29, 0.717) is 0 Å². The molecule has 0 aliphatic carbocycles. The molecule has 0 aliphatic rings. The van der Waals surface area contributed by atoms with E-state index in [-0.39, 0.29) is 23.4 Å². The number of amides is 1. The number of aliphatic hydroxyl groups excluding tert-OH is 2. The Balaban J connectivity index is 3.02.